The zero-order valence-electron chi connectivity index (χ0n) is 77.6. The summed E-state index contributed by atoms with van der Waals surface area (Å²) in [5, 5.41) is 37.0. The molecule has 145 heavy (non-hydrogen) atoms. The molecule has 668 valence electrons. The van der Waals surface area contributed by atoms with Gasteiger partial charge in [-0.05, 0) is 207 Å². The summed E-state index contributed by atoms with van der Waals surface area (Å²) in [6, 6.07) is 158. The fourth-order valence-electron chi connectivity index (χ4n) is 25.1. The number of hydrogen-bond donors (Lipinski definition) is 0. The molecule has 0 radical (unpaired) electrons. The second kappa shape index (κ2) is 29.4. The molecule has 0 aliphatic carbocycles. The van der Waals surface area contributed by atoms with Crippen LogP contribution in [-0.2, 0) is 0 Å². The monoisotopic (exact) mass is 1840 g/mol. The molecule has 35 rings (SSSR count). The molecule has 0 aliphatic heterocycles. The van der Waals surface area contributed by atoms with Crippen LogP contribution in [0, 0.1) is 0 Å². The lowest BCUT2D eigenvalue weighted by molar-refractivity contribution is 1.00. The molecule has 14 aromatic heterocycles. The van der Waals surface area contributed by atoms with E-state index < -0.39 is 0 Å². The number of benzene rings is 21. The van der Waals surface area contributed by atoms with Crippen molar-refractivity contribution in [3.8, 4) is 45.7 Å². The maximum Gasteiger partial charge on any atom is 0.236 e. The lowest BCUT2D eigenvalue weighted by Gasteiger charge is -2.12. The summed E-state index contributed by atoms with van der Waals surface area (Å²) < 4.78 is 16.8. The number of hydrogen-bond acceptors (Lipinski definition) is 6. The van der Waals surface area contributed by atoms with E-state index in [2.05, 4.69) is 467 Å². The van der Waals surface area contributed by atoms with E-state index in [9.17, 15) is 0 Å². The van der Waals surface area contributed by atoms with Gasteiger partial charge in [-0.3, -0.25) is 9.13 Å². The summed E-state index contributed by atoms with van der Waals surface area (Å²) in [4.78, 5) is 29.9. The quantitative estimate of drug-likeness (QED) is 0.164. The number of fused-ring (bicyclic) bond motifs is 39. The van der Waals surface area contributed by atoms with Gasteiger partial charge < -0.3 is 22.3 Å². The highest BCUT2D eigenvalue weighted by molar-refractivity contribution is 6.40. The van der Waals surface area contributed by atoms with E-state index in [1.807, 2.05) is 18.3 Å². The summed E-state index contributed by atoms with van der Waals surface area (Å²) in [6.07, 6.45) is 5.71. The smallest absolute Gasteiger partial charge is 0.236 e. The van der Waals surface area contributed by atoms with E-state index in [-0.39, 0.29) is 0 Å². The van der Waals surface area contributed by atoms with Crippen LogP contribution in [0.4, 0.5) is 0 Å². The summed E-state index contributed by atoms with van der Waals surface area (Å²) in [6.45, 7) is 0. The fraction of sp³-hybridized carbons (Fsp3) is 0. The predicted octanol–water partition coefficient (Wildman–Crippen LogP) is 33.5. The Kier molecular flexibility index (Phi) is 15.9. The first-order valence-corrected chi connectivity index (χ1v) is 49.4. The zero-order valence-corrected chi connectivity index (χ0v) is 77.6. The van der Waals surface area contributed by atoms with Crippen LogP contribution in [0.2, 0.25) is 0 Å². The molecular formula is C132H75N13. The second-order valence-corrected chi connectivity index (χ2v) is 38.8. The Morgan fingerprint density at radius 3 is 1.06 bits per heavy atom. The van der Waals surface area contributed by atoms with Gasteiger partial charge in [-0.2, -0.15) is 4.98 Å². The largest absolute Gasteiger partial charge is 0.309 e. The van der Waals surface area contributed by atoms with Gasteiger partial charge in [0.05, 0.1) is 111 Å². The third-order valence-electron chi connectivity index (χ3n) is 31.2. The highest BCUT2D eigenvalue weighted by Gasteiger charge is 2.31. The van der Waals surface area contributed by atoms with E-state index in [4.69, 9.17) is 24.9 Å². The Balaban J connectivity index is 0.0000000966. The van der Waals surface area contributed by atoms with Crippen molar-refractivity contribution in [2.45, 2.75) is 0 Å². The topological polar surface area (TPSA) is 110 Å². The second-order valence-electron chi connectivity index (χ2n) is 38.8. The summed E-state index contributed by atoms with van der Waals surface area (Å²) in [7, 11) is 0. The van der Waals surface area contributed by atoms with Crippen molar-refractivity contribution in [1.29, 1.82) is 0 Å². The van der Waals surface area contributed by atoms with Crippen molar-refractivity contribution in [3.63, 3.8) is 0 Å². The van der Waals surface area contributed by atoms with Crippen molar-refractivity contribution in [2.24, 2.45) is 0 Å². The van der Waals surface area contributed by atoms with Gasteiger partial charge in [0.15, 0.2) is 11.5 Å². The minimum absolute atomic E-state index is 0.629. The average molecular weight is 1840 g/mol. The number of rotatable bonds is 6. The molecule has 0 N–H and O–H groups in total. The number of nitrogens with zero attached hydrogens (tertiary/aromatic N) is 13. The van der Waals surface area contributed by atoms with Gasteiger partial charge in [-0.25, -0.2) is 24.9 Å². The van der Waals surface area contributed by atoms with Gasteiger partial charge in [-0.1, -0.05) is 273 Å². The lowest BCUT2D eigenvalue weighted by Crippen LogP contribution is -2.01. The maximum absolute atomic E-state index is 5.25. The van der Waals surface area contributed by atoms with Gasteiger partial charge >= 0.3 is 0 Å². The molecule has 0 saturated heterocycles. The molecule has 14 heterocycles. The minimum atomic E-state index is 0.629. The standard InChI is InChI=1S/C52H30N4.C45H26N4.C35H19N5/c1-2-12-33-27-36(22-21-31(33)11-1)50-39-16-5-8-18-43(39)53-52(54-50)32-23-25-37(26-24-32)55-45-20-10-7-17-40(45)48-47(55)30-41-38-15-6-9-19-44(38)56-46-29-35-14-4-3-13-34(35)28-42(46)49(48)51(41)56;1-2-14-29(15-3-1)48-37-19-9-7-17-32(37)35-24-30(26-46-45(35)48)47-39-21-11-8-18-33(39)42-41(47)25-34-31-16-6-10-20-38(31)49-40-23-28-13-5-4-12-27(28)22-36(40)43(42)44(34)49;1-2-9-21-17-29-26(16-20(21)8-1)32-31-24-12-4-6-14-28(24)40(35-37-19-22-10-7-15-36-34(22)38-35)30(31)18-25-23-11-3-5-13-27(23)39(29)33(25)32/h1-30H;1-26H;1-19H. The van der Waals surface area contributed by atoms with E-state index in [0.29, 0.717) is 17.4 Å². The molecule has 35 aromatic rings. The molecular weight excluding hydrogens is 1770 g/mol. The molecule has 13 heteroatoms. The molecule has 0 spiro atoms. The van der Waals surface area contributed by atoms with Crippen LogP contribution in [0.15, 0.2) is 455 Å². The molecule has 0 amide bonds. The van der Waals surface area contributed by atoms with Crippen molar-refractivity contribution >= 4 is 267 Å². The Hall–Kier alpha value is -19.8. The molecule has 0 fully saturated rings. The molecule has 0 aliphatic rings. The fourth-order valence-corrected chi connectivity index (χ4v) is 25.1. The van der Waals surface area contributed by atoms with Crippen LogP contribution in [-0.4, -0.2) is 61.4 Å². The van der Waals surface area contributed by atoms with Gasteiger partial charge in [0.25, 0.3) is 0 Å². The van der Waals surface area contributed by atoms with Crippen molar-refractivity contribution in [1.82, 2.24) is 61.4 Å². The normalized spacial score (nSPS) is 12.4. The third-order valence-corrected chi connectivity index (χ3v) is 31.2. The van der Waals surface area contributed by atoms with Gasteiger partial charge in [0.2, 0.25) is 5.95 Å². The van der Waals surface area contributed by atoms with E-state index >= 15 is 0 Å². The van der Waals surface area contributed by atoms with Crippen molar-refractivity contribution in [3.05, 3.63) is 455 Å². The molecule has 0 unspecified atom stereocenters. The molecule has 21 aromatic carbocycles. The van der Waals surface area contributed by atoms with Crippen molar-refractivity contribution in [2.75, 3.05) is 0 Å². The molecule has 13 nitrogen and oxygen atoms in total. The third kappa shape index (κ3) is 10.9. The highest BCUT2D eigenvalue weighted by Crippen LogP contribution is 2.53. The first-order valence-electron chi connectivity index (χ1n) is 49.4. The molecule has 0 bridgehead atoms. The number of para-hydroxylation sites is 9. The van der Waals surface area contributed by atoms with Gasteiger partial charge in [0.1, 0.15) is 5.65 Å². The zero-order chi connectivity index (χ0) is 94.2. The van der Waals surface area contributed by atoms with Crippen LogP contribution >= 0.6 is 0 Å². The molecule has 0 saturated carbocycles. The average Bonchev–Trinajstić information content (AvgIpc) is 1.53. The van der Waals surface area contributed by atoms with Gasteiger partial charge in [0, 0.05) is 153 Å². The van der Waals surface area contributed by atoms with Crippen molar-refractivity contribution < 1.29 is 0 Å². The minimum Gasteiger partial charge on any atom is -0.309 e. The van der Waals surface area contributed by atoms with Crippen LogP contribution in [0.3, 0.4) is 0 Å². The predicted molar refractivity (Wildman–Crippen MR) is 603 cm³/mol. The summed E-state index contributed by atoms with van der Waals surface area (Å²) >= 11 is 0. The highest BCUT2D eigenvalue weighted by atomic mass is 15.2. The molecule has 0 atom stereocenters. The van der Waals surface area contributed by atoms with Crippen LogP contribution in [0.1, 0.15) is 0 Å². The van der Waals surface area contributed by atoms with Crippen LogP contribution in [0.25, 0.3) is 312 Å². The first-order chi connectivity index (χ1) is 71.9. The lowest BCUT2D eigenvalue weighted by atomic mass is 10.0. The number of aromatic nitrogens is 13. The maximum atomic E-state index is 5.25. The van der Waals surface area contributed by atoms with E-state index in [0.717, 1.165) is 77.8 Å². The first kappa shape index (κ1) is 78.2. The Morgan fingerprint density at radius 2 is 0.559 bits per heavy atom. The Morgan fingerprint density at radius 1 is 0.179 bits per heavy atom. The Labute approximate surface area is 823 Å². The van der Waals surface area contributed by atoms with E-state index in [1.165, 1.54) is 217 Å². The Bertz CT molecular complexity index is 11800. The summed E-state index contributed by atoms with van der Waals surface area (Å²) in [5.41, 5.74) is 28.2. The van der Waals surface area contributed by atoms with Crippen LogP contribution < -0.4 is 0 Å². The van der Waals surface area contributed by atoms with Crippen LogP contribution in [0.5, 0.6) is 0 Å². The van der Waals surface area contributed by atoms with Gasteiger partial charge in [-0.15, -0.1) is 0 Å². The van der Waals surface area contributed by atoms with E-state index in [1.54, 1.807) is 6.20 Å². The number of pyridine rings is 2. The summed E-state index contributed by atoms with van der Waals surface area (Å²) in [5.74, 6) is 1.34. The SMILES string of the molecule is c1ccc(-n2c3ccccc3c3cc(-n4c5ccccc5c5c6c7cc8ccccc8cc7n7c8ccccc8c(cc54)c67)cnc32)cc1.c1ccc2cc(-c3nc(-c4ccc(-n5c6ccccc6c6c7c8cc9ccccc9cc8n8c9ccccc9c(cc65)c78)cc4)nc4ccccc34)ccc2c1.c1ccc2cc3c(cc2c1)c1c2c4ccccc4n(-c4ncc5cccnc5n4)c2cc2c4ccccc4n3c21.